The van der Waals surface area contributed by atoms with Crippen molar-refractivity contribution in [2.75, 3.05) is 31.1 Å². The van der Waals surface area contributed by atoms with Crippen LogP contribution in [0.1, 0.15) is 34.9 Å². The van der Waals surface area contributed by atoms with Gasteiger partial charge in [-0.2, -0.15) is 12.6 Å². The molecular formula is C24H27ClN4O2S. The molecule has 3 heterocycles. The van der Waals surface area contributed by atoms with E-state index in [0.717, 1.165) is 37.7 Å². The second-order valence-electron chi connectivity index (χ2n) is 8.79. The Balaban J connectivity index is 1.21. The number of carbonyl (C=O) groups excluding carboxylic acids is 2. The molecule has 2 unspecified atom stereocenters. The summed E-state index contributed by atoms with van der Waals surface area (Å²) in [6.07, 6.45) is 0.942. The number of piperidine rings is 1. The van der Waals surface area contributed by atoms with Gasteiger partial charge in [0.2, 0.25) is 11.8 Å². The molecule has 2 atom stereocenters. The van der Waals surface area contributed by atoms with Gasteiger partial charge in [-0.3, -0.25) is 24.7 Å². The summed E-state index contributed by atoms with van der Waals surface area (Å²) in [6.45, 7) is 5.59. The molecule has 0 spiro atoms. The highest BCUT2D eigenvalue weighted by Gasteiger charge is 2.39. The number of imide groups is 1. The maximum Gasteiger partial charge on any atom is 0.243 e. The van der Waals surface area contributed by atoms with E-state index in [1.165, 1.54) is 22.4 Å². The standard InChI is InChI=1S/C24H27ClN4O2S/c25-18-3-5-19(6-4-18)28-11-9-27(10-12-28)14-16-1-2-17-15-29(24(32)20(17)13-16)21-7-8-22(30)26-23(21)31/h1-6,13,21,24,32H,7-12,14-15H2,(H,26,30,31). The van der Waals surface area contributed by atoms with Crippen LogP contribution >= 0.6 is 24.2 Å². The van der Waals surface area contributed by atoms with Gasteiger partial charge in [0.15, 0.2) is 0 Å². The molecule has 0 aromatic heterocycles. The third kappa shape index (κ3) is 4.39. The molecule has 0 aliphatic carbocycles. The average molecular weight is 471 g/mol. The number of rotatable bonds is 4. The molecular weight excluding hydrogens is 444 g/mol. The molecule has 2 aromatic rings. The van der Waals surface area contributed by atoms with Gasteiger partial charge in [0, 0.05) is 56.4 Å². The van der Waals surface area contributed by atoms with Crippen molar-refractivity contribution in [3.05, 3.63) is 64.2 Å². The second kappa shape index (κ2) is 9.06. The molecule has 2 saturated heterocycles. The number of nitrogens with zero attached hydrogens (tertiary/aromatic N) is 3. The number of anilines is 1. The minimum Gasteiger partial charge on any atom is -0.369 e. The minimum absolute atomic E-state index is 0.129. The maximum absolute atomic E-state index is 12.3. The van der Waals surface area contributed by atoms with Gasteiger partial charge >= 0.3 is 0 Å². The molecule has 32 heavy (non-hydrogen) atoms. The Morgan fingerprint density at radius 3 is 2.50 bits per heavy atom. The van der Waals surface area contributed by atoms with Gasteiger partial charge in [0.1, 0.15) is 0 Å². The summed E-state index contributed by atoms with van der Waals surface area (Å²) in [5.41, 5.74) is 4.88. The molecule has 2 aromatic carbocycles. The number of carbonyl (C=O) groups is 2. The van der Waals surface area contributed by atoms with Crippen LogP contribution in [0.5, 0.6) is 0 Å². The molecule has 5 rings (SSSR count). The van der Waals surface area contributed by atoms with Crippen molar-refractivity contribution < 1.29 is 9.59 Å². The van der Waals surface area contributed by atoms with Crippen molar-refractivity contribution in [3.8, 4) is 0 Å². The first-order valence-electron chi connectivity index (χ1n) is 11.1. The monoisotopic (exact) mass is 470 g/mol. The zero-order valence-corrected chi connectivity index (χ0v) is 19.5. The van der Waals surface area contributed by atoms with Crippen LogP contribution in [-0.4, -0.2) is 53.8 Å². The van der Waals surface area contributed by atoms with Crippen LogP contribution < -0.4 is 10.2 Å². The van der Waals surface area contributed by atoms with Crippen molar-refractivity contribution in [2.24, 2.45) is 0 Å². The predicted octanol–water partition coefficient (Wildman–Crippen LogP) is 3.21. The van der Waals surface area contributed by atoms with Crippen molar-refractivity contribution in [1.82, 2.24) is 15.1 Å². The first-order chi connectivity index (χ1) is 15.5. The van der Waals surface area contributed by atoms with Gasteiger partial charge in [-0.15, -0.1) is 0 Å². The molecule has 1 N–H and O–H groups in total. The van der Waals surface area contributed by atoms with Crippen molar-refractivity contribution in [3.63, 3.8) is 0 Å². The second-order valence-corrected chi connectivity index (χ2v) is 9.71. The van der Waals surface area contributed by atoms with Gasteiger partial charge in [-0.05, 0) is 47.4 Å². The lowest BCUT2D eigenvalue weighted by atomic mass is 10.0. The number of benzene rings is 2. The van der Waals surface area contributed by atoms with E-state index in [2.05, 4.69) is 50.3 Å². The van der Waals surface area contributed by atoms with E-state index in [0.29, 0.717) is 19.4 Å². The highest BCUT2D eigenvalue weighted by Crippen LogP contribution is 2.39. The quantitative estimate of drug-likeness (QED) is 0.531. The fourth-order valence-electron chi connectivity index (χ4n) is 4.94. The summed E-state index contributed by atoms with van der Waals surface area (Å²) in [7, 11) is 0. The number of thiol groups is 1. The summed E-state index contributed by atoms with van der Waals surface area (Å²) in [4.78, 5) is 30.8. The van der Waals surface area contributed by atoms with E-state index in [1.807, 2.05) is 12.1 Å². The van der Waals surface area contributed by atoms with Crippen molar-refractivity contribution in [1.29, 1.82) is 0 Å². The third-order valence-corrected chi connectivity index (χ3v) is 7.56. The first-order valence-corrected chi connectivity index (χ1v) is 12.0. The lowest BCUT2D eigenvalue weighted by Gasteiger charge is -2.36. The molecule has 6 nitrogen and oxygen atoms in total. The fourth-order valence-corrected chi connectivity index (χ4v) is 5.55. The van der Waals surface area contributed by atoms with E-state index < -0.39 is 0 Å². The van der Waals surface area contributed by atoms with E-state index in [9.17, 15) is 9.59 Å². The van der Waals surface area contributed by atoms with Gasteiger partial charge in [0.05, 0.1) is 11.4 Å². The van der Waals surface area contributed by atoms with Gasteiger partial charge in [-0.1, -0.05) is 29.8 Å². The highest BCUT2D eigenvalue weighted by atomic mass is 35.5. The van der Waals surface area contributed by atoms with Gasteiger partial charge in [0.25, 0.3) is 0 Å². The first kappa shape index (κ1) is 21.8. The number of piperazine rings is 1. The molecule has 3 aliphatic heterocycles. The predicted molar refractivity (Wildman–Crippen MR) is 129 cm³/mol. The third-order valence-electron chi connectivity index (χ3n) is 6.74. The summed E-state index contributed by atoms with van der Waals surface area (Å²) < 4.78 is 0. The molecule has 168 valence electrons. The molecule has 0 radical (unpaired) electrons. The number of amides is 2. The summed E-state index contributed by atoms with van der Waals surface area (Å²) >= 11 is 10.9. The Bertz CT molecular complexity index is 1020. The van der Waals surface area contributed by atoms with Crippen LogP contribution in [0, 0.1) is 0 Å². The summed E-state index contributed by atoms with van der Waals surface area (Å²) in [6, 6.07) is 14.4. The lowest BCUT2D eigenvalue weighted by molar-refractivity contribution is -0.137. The van der Waals surface area contributed by atoms with E-state index >= 15 is 0 Å². The smallest absolute Gasteiger partial charge is 0.243 e. The number of fused-ring (bicyclic) bond motifs is 1. The number of nitrogens with one attached hydrogen (secondary N) is 1. The van der Waals surface area contributed by atoms with E-state index in [1.54, 1.807) is 0 Å². The van der Waals surface area contributed by atoms with Gasteiger partial charge in [-0.25, -0.2) is 0 Å². The molecule has 0 saturated carbocycles. The Morgan fingerprint density at radius 2 is 1.78 bits per heavy atom. The van der Waals surface area contributed by atoms with Crippen LogP contribution in [0.3, 0.4) is 0 Å². The molecule has 8 heteroatoms. The largest absolute Gasteiger partial charge is 0.369 e. The van der Waals surface area contributed by atoms with Crippen molar-refractivity contribution in [2.45, 2.75) is 37.3 Å². The number of hydrogen-bond donors (Lipinski definition) is 2. The maximum atomic E-state index is 12.3. The Hall–Kier alpha value is -2.06. The van der Waals surface area contributed by atoms with Crippen LogP contribution in [0.2, 0.25) is 5.02 Å². The Morgan fingerprint density at radius 1 is 1.03 bits per heavy atom. The SMILES string of the molecule is O=C1CCC(N2Cc3ccc(CN4CCN(c5ccc(Cl)cc5)CC4)cc3C2S)C(=O)N1. The van der Waals surface area contributed by atoms with Crippen LogP contribution in [0.25, 0.3) is 0 Å². The fraction of sp³-hybridized carbons (Fsp3) is 0.417. The van der Waals surface area contributed by atoms with Crippen LogP contribution in [-0.2, 0) is 22.7 Å². The van der Waals surface area contributed by atoms with E-state index in [4.69, 9.17) is 24.2 Å². The molecule has 2 amide bonds. The number of halogens is 1. The normalized spacial score (nSPS) is 24.5. The highest BCUT2D eigenvalue weighted by molar-refractivity contribution is 7.80. The molecule has 2 fully saturated rings. The zero-order valence-electron chi connectivity index (χ0n) is 17.8. The number of hydrogen-bond acceptors (Lipinski definition) is 6. The van der Waals surface area contributed by atoms with E-state index in [-0.39, 0.29) is 23.2 Å². The Labute approximate surface area is 198 Å². The summed E-state index contributed by atoms with van der Waals surface area (Å²) in [5, 5.41) is 3.10. The Kier molecular flexibility index (Phi) is 6.16. The molecule has 3 aliphatic rings. The van der Waals surface area contributed by atoms with Crippen LogP contribution in [0.15, 0.2) is 42.5 Å². The van der Waals surface area contributed by atoms with Crippen molar-refractivity contribution >= 4 is 41.7 Å². The topological polar surface area (TPSA) is 55.9 Å². The summed E-state index contributed by atoms with van der Waals surface area (Å²) in [5.74, 6) is -0.385. The zero-order chi connectivity index (χ0) is 22.2. The minimum atomic E-state index is -0.299. The lowest BCUT2D eigenvalue weighted by Crippen LogP contribution is -2.51. The average Bonchev–Trinajstić information content (AvgIpc) is 3.11. The van der Waals surface area contributed by atoms with Crippen LogP contribution in [0.4, 0.5) is 5.69 Å². The van der Waals surface area contributed by atoms with Gasteiger partial charge < -0.3 is 4.90 Å². The molecule has 0 bridgehead atoms.